The predicted octanol–water partition coefficient (Wildman–Crippen LogP) is 2.08. The molecule has 0 bridgehead atoms. The minimum atomic E-state index is 0.580. The molecular formula is C7H9ClN2. The molecule has 0 aliphatic carbocycles. The number of aromatic nitrogens is 2. The number of rotatable bonds is 2. The average molecular weight is 157 g/mol. The van der Waals surface area contributed by atoms with Gasteiger partial charge in [0.15, 0.2) is 0 Å². The first-order chi connectivity index (χ1) is 4.84. The maximum absolute atomic E-state index is 5.75. The third-order valence-electron chi connectivity index (χ3n) is 1.25. The van der Waals surface area contributed by atoms with Crippen LogP contribution >= 0.6 is 11.6 Å². The predicted molar refractivity (Wildman–Crippen MR) is 41.0 cm³/mol. The highest BCUT2D eigenvalue weighted by atomic mass is 35.5. The van der Waals surface area contributed by atoms with E-state index in [9.17, 15) is 0 Å². The molecule has 0 aliphatic heterocycles. The van der Waals surface area contributed by atoms with Gasteiger partial charge in [0.25, 0.3) is 0 Å². The van der Waals surface area contributed by atoms with Crippen LogP contribution in [0.25, 0.3) is 0 Å². The zero-order valence-electron chi connectivity index (χ0n) is 5.84. The van der Waals surface area contributed by atoms with Crippen LogP contribution in [0.15, 0.2) is 12.5 Å². The molecule has 0 aliphatic rings. The standard InChI is InChI=1S/C7H9ClN2/c1-2-3-6-4-9-5-10-7(6)8/h4-5H,2-3H2,1H3. The SMILES string of the molecule is CCCc1cncnc1Cl. The fourth-order valence-corrected chi connectivity index (χ4v) is 0.967. The Labute approximate surface area is 65.3 Å². The molecule has 0 saturated carbocycles. The lowest BCUT2D eigenvalue weighted by Gasteiger charge is -1.97. The van der Waals surface area contributed by atoms with Gasteiger partial charge in [0, 0.05) is 11.8 Å². The van der Waals surface area contributed by atoms with E-state index in [2.05, 4.69) is 16.9 Å². The van der Waals surface area contributed by atoms with E-state index in [1.54, 1.807) is 6.20 Å². The van der Waals surface area contributed by atoms with E-state index in [4.69, 9.17) is 11.6 Å². The van der Waals surface area contributed by atoms with Crippen molar-refractivity contribution >= 4 is 11.6 Å². The van der Waals surface area contributed by atoms with Crippen molar-refractivity contribution in [3.8, 4) is 0 Å². The Morgan fingerprint density at radius 1 is 1.60 bits per heavy atom. The van der Waals surface area contributed by atoms with Crippen LogP contribution < -0.4 is 0 Å². The third-order valence-corrected chi connectivity index (χ3v) is 1.59. The molecule has 1 aromatic rings. The molecule has 0 amide bonds. The lowest BCUT2D eigenvalue weighted by molar-refractivity contribution is 0.901. The highest BCUT2D eigenvalue weighted by Crippen LogP contribution is 2.11. The van der Waals surface area contributed by atoms with Crippen molar-refractivity contribution in [1.82, 2.24) is 9.97 Å². The molecule has 0 unspecified atom stereocenters. The summed E-state index contributed by atoms with van der Waals surface area (Å²) in [6.45, 7) is 2.10. The molecule has 54 valence electrons. The number of halogens is 1. The van der Waals surface area contributed by atoms with Gasteiger partial charge in [0.1, 0.15) is 11.5 Å². The van der Waals surface area contributed by atoms with Crippen molar-refractivity contribution in [2.75, 3.05) is 0 Å². The van der Waals surface area contributed by atoms with E-state index >= 15 is 0 Å². The first-order valence-corrected chi connectivity index (χ1v) is 3.66. The van der Waals surface area contributed by atoms with Crippen molar-refractivity contribution in [3.63, 3.8) is 0 Å². The average Bonchev–Trinajstić information content (AvgIpc) is 1.94. The van der Waals surface area contributed by atoms with Crippen LogP contribution in [0.1, 0.15) is 18.9 Å². The summed E-state index contributed by atoms with van der Waals surface area (Å²) in [5, 5.41) is 0.580. The molecule has 0 aromatic carbocycles. The van der Waals surface area contributed by atoms with Gasteiger partial charge in [-0.25, -0.2) is 9.97 Å². The normalized spacial score (nSPS) is 9.80. The Morgan fingerprint density at radius 3 is 3.00 bits per heavy atom. The van der Waals surface area contributed by atoms with E-state index in [1.807, 2.05) is 0 Å². The minimum absolute atomic E-state index is 0.580. The van der Waals surface area contributed by atoms with E-state index in [0.717, 1.165) is 18.4 Å². The topological polar surface area (TPSA) is 25.8 Å². The Balaban J connectivity index is 2.81. The maximum atomic E-state index is 5.75. The van der Waals surface area contributed by atoms with E-state index < -0.39 is 0 Å². The van der Waals surface area contributed by atoms with Crippen LogP contribution in [0.5, 0.6) is 0 Å². The van der Waals surface area contributed by atoms with Crippen molar-refractivity contribution in [2.24, 2.45) is 0 Å². The zero-order valence-corrected chi connectivity index (χ0v) is 6.60. The second-order valence-corrected chi connectivity index (χ2v) is 2.45. The summed E-state index contributed by atoms with van der Waals surface area (Å²) in [5.74, 6) is 0. The second-order valence-electron chi connectivity index (χ2n) is 2.09. The van der Waals surface area contributed by atoms with Gasteiger partial charge in [-0.15, -0.1) is 0 Å². The molecule has 0 N–H and O–H groups in total. The smallest absolute Gasteiger partial charge is 0.135 e. The molecule has 2 nitrogen and oxygen atoms in total. The fourth-order valence-electron chi connectivity index (χ4n) is 0.781. The molecule has 0 radical (unpaired) electrons. The fraction of sp³-hybridized carbons (Fsp3) is 0.429. The van der Waals surface area contributed by atoms with Crippen molar-refractivity contribution in [3.05, 3.63) is 23.2 Å². The summed E-state index contributed by atoms with van der Waals surface area (Å²) in [6, 6.07) is 0. The van der Waals surface area contributed by atoms with Gasteiger partial charge in [-0.3, -0.25) is 0 Å². The van der Waals surface area contributed by atoms with Gasteiger partial charge in [-0.05, 0) is 6.42 Å². The summed E-state index contributed by atoms with van der Waals surface area (Å²) in [6.07, 6.45) is 5.26. The van der Waals surface area contributed by atoms with Gasteiger partial charge in [-0.2, -0.15) is 0 Å². The molecule has 0 atom stereocenters. The Morgan fingerprint density at radius 2 is 2.40 bits per heavy atom. The van der Waals surface area contributed by atoms with Crippen LogP contribution in [0.2, 0.25) is 5.15 Å². The first-order valence-electron chi connectivity index (χ1n) is 3.29. The van der Waals surface area contributed by atoms with Crippen molar-refractivity contribution < 1.29 is 0 Å². The molecule has 1 rings (SSSR count). The maximum Gasteiger partial charge on any atom is 0.135 e. The summed E-state index contributed by atoms with van der Waals surface area (Å²) in [4.78, 5) is 7.72. The van der Waals surface area contributed by atoms with Crippen LogP contribution in [0, 0.1) is 0 Å². The number of nitrogens with zero attached hydrogens (tertiary/aromatic N) is 2. The lowest BCUT2D eigenvalue weighted by atomic mass is 10.2. The highest BCUT2D eigenvalue weighted by Gasteiger charge is 1.97. The zero-order chi connectivity index (χ0) is 7.40. The van der Waals surface area contributed by atoms with Gasteiger partial charge in [0.05, 0.1) is 0 Å². The summed E-state index contributed by atoms with van der Waals surface area (Å²) >= 11 is 5.75. The summed E-state index contributed by atoms with van der Waals surface area (Å²) < 4.78 is 0. The molecular weight excluding hydrogens is 148 g/mol. The van der Waals surface area contributed by atoms with Crippen molar-refractivity contribution in [1.29, 1.82) is 0 Å². The minimum Gasteiger partial charge on any atom is -0.244 e. The Kier molecular flexibility index (Phi) is 2.63. The van der Waals surface area contributed by atoms with E-state index in [1.165, 1.54) is 6.33 Å². The Hall–Kier alpha value is -0.630. The van der Waals surface area contributed by atoms with Gasteiger partial charge < -0.3 is 0 Å². The number of aryl methyl sites for hydroxylation is 1. The number of hydrogen-bond acceptors (Lipinski definition) is 2. The van der Waals surface area contributed by atoms with Gasteiger partial charge in [0.2, 0.25) is 0 Å². The van der Waals surface area contributed by atoms with E-state index in [0.29, 0.717) is 5.15 Å². The summed E-state index contributed by atoms with van der Waals surface area (Å²) in [5.41, 5.74) is 1.03. The van der Waals surface area contributed by atoms with Crippen LogP contribution in [0.3, 0.4) is 0 Å². The first kappa shape index (κ1) is 7.48. The van der Waals surface area contributed by atoms with Crippen LogP contribution in [0.4, 0.5) is 0 Å². The largest absolute Gasteiger partial charge is 0.244 e. The van der Waals surface area contributed by atoms with Gasteiger partial charge >= 0.3 is 0 Å². The lowest BCUT2D eigenvalue weighted by Crippen LogP contribution is -1.88. The second kappa shape index (κ2) is 3.52. The highest BCUT2D eigenvalue weighted by molar-refractivity contribution is 6.30. The monoisotopic (exact) mass is 156 g/mol. The molecule has 0 fully saturated rings. The summed E-state index contributed by atoms with van der Waals surface area (Å²) in [7, 11) is 0. The molecule has 1 heterocycles. The van der Waals surface area contributed by atoms with Crippen molar-refractivity contribution in [2.45, 2.75) is 19.8 Å². The molecule has 3 heteroatoms. The van der Waals surface area contributed by atoms with Crippen LogP contribution in [-0.2, 0) is 6.42 Å². The van der Waals surface area contributed by atoms with Crippen LogP contribution in [-0.4, -0.2) is 9.97 Å². The molecule has 0 spiro atoms. The molecule has 0 saturated heterocycles. The number of hydrogen-bond donors (Lipinski definition) is 0. The molecule has 1 aromatic heterocycles. The Bertz CT molecular complexity index is 213. The third kappa shape index (κ3) is 1.67. The van der Waals surface area contributed by atoms with Gasteiger partial charge in [-0.1, -0.05) is 24.9 Å². The van der Waals surface area contributed by atoms with E-state index in [-0.39, 0.29) is 0 Å². The quantitative estimate of drug-likeness (QED) is 0.613. The molecule has 10 heavy (non-hydrogen) atoms.